The van der Waals surface area contributed by atoms with Crippen LogP contribution in [0.5, 0.6) is 0 Å². The van der Waals surface area contributed by atoms with Crippen molar-refractivity contribution in [1.29, 1.82) is 0 Å². The number of unbranched alkanes of at least 4 members (excludes halogenated alkanes) is 1. The number of hydrogen-bond acceptors (Lipinski definition) is 4. The smallest absolute Gasteiger partial charge is 0.326 e. The number of benzene rings is 2. The molecule has 2 aromatic rings. The van der Waals surface area contributed by atoms with Crippen molar-refractivity contribution >= 4 is 70.2 Å². The molecule has 0 aliphatic heterocycles. The Balaban J connectivity index is 1.94. The first-order chi connectivity index (χ1) is 16.0. The van der Waals surface area contributed by atoms with Crippen LogP contribution in [0.2, 0.25) is 20.1 Å². The number of halogens is 4. The van der Waals surface area contributed by atoms with Crippen LogP contribution >= 0.6 is 46.4 Å². The molecule has 0 fully saturated rings. The number of hydrogen-bond donors (Lipinski definition) is 4. The quantitative estimate of drug-likeness (QED) is 0.294. The fraction of sp³-hybridized carbons (Fsp3) is 0.273. The zero-order chi connectivity index (χ0) is 25.4. The highest BCUT2D eigenvalue weighted by atomic mass is 35.5. The van der Waals surface area contributed by atoms with Crippen LogP contribution in [-0.2, 0) is 9.59 Å². The fourth-order valence-corrected chi connectivity index (χ4v) is 4.24. The third-order valence-electron chi connectivity index (χ3n) is 4.82. The summed E-state index contributed by atoms with van der Waals surface area (Å²) in [5.41, 5.74) is -0.0760. The third kappa shape index (κ3) is 7.50. The molecule has 0 bridgehead atoms. The van der Waals surface area contributed by atoms with E-state index in [1.54, 1.807) is 12.1 Å². The number of carbonyl (C=O) groups excluding carboxylic acids is 2. The Morgan fingerprint density at radius 3 is 1.21 bits per heavy atom. The molecular formula is C22H20Cl4N2O6. The third-order valence-corrected chi connectivity index (χ3v) is 6.08. The zero-order valence-electron chi connectivity index (χ0n) is 17.5. The van der Waals surface area contributed by atoms with Crippen LogP contribution in [0.4, 0.5) is 0 Å². The normalized spacial score (nSPS) is 12.5. The summed E-state index contributed by atoms with van der Waals surface area (Å²) in [5, 5.41) is 23.9. The Hall–Kier alpha value is -2.52. The monoisotopic (exact) mass is 548 g/mol. The molecule has 2 unspecified atom stereocenters. The van der Waals surface area contributed by atoms with E-state index in [2.05, 4.69) is 10.6 Å². The lowest BCUT2D eigenvalue weighted by Gasteiger charge is -2.17. The molecule has 0 aliphatic rings. The second-order valence-corrected chi connectivity index (χ2v) is 8.84. The van der Waals surface area contributed by atoms with Crippen molar-refractivity contribution in [2.75, 3.05) is 0 Å². The van der Waals surface area contributed by atoms with Crippen LogP contribution in [-0.4, -0.2) is 46.0 Å². The molecule has 0 heterocycles. The Morgan fingerprint density at radius 1 is 0.647 bits per heavy atom. The van der Waals surface area contributed by atoms with Gasteiger partial charge < -0.3 is 20.8 Å². The topological polar surface area (TPSA) is 133 Å². The summed E-state index contributed by atoms with van der Waals surface area (Å²) < 4.78 is 0. The summed E-state index contributed by atoms with van der Waals surface area (Å²) in [6.07, 6.45) is 0.527. The molecule has 34 heavy (non-hydrogen) atoms. The Bertz CT molecular complexity index is 969. The highest BCUT2D eigenvalue weighted by Crippen LogP contribution is 2.25. The van der Waals surface area contributed by atoms with Crippen molar-refractivity contribution < 1.29 is 29.4 Å². The Morgan fingerprint density at radius 2 is 0.941 bits per heavy atom. The second-order valence-electron chi connectivity index (χ2n) is 7.21. The highest BCUT2D eigenvalue weighted by Gasteiger charge is 2.25. The van der Waals surface area contributed by atoms with Gasteiger partial charge in [0.15, 0.2) is 0 Å². The van der Waals surface area contributed by atoms with E-state index in [-0.39, 0.29) is 56.9 Å². The van der Waals surface area contributed by atoms with Crippen molar-refractivity contribution in [1.82, 2.24) is 10.6 Å². The summed E-state index contributed by atoms with van der Waals surface area (Å²) in [7, 11) is 0. The van der Waals surface area contributed by atoms with Gasteiger partial charge in [-0.25, -0.2) is 9.59 Å². The molecule has 2 atom stereocenters. The van der Waals surface area contributed by atoms with E-state index in [4.69, 9.17) is 46.4 Å². The maximum Gasteiger partial charge on any atom is 0.326 e. The van der Waals surface area contributed by atoms with Crippen molar-refractivity contribution in [2.24, 2.45) is 0 Å². The summed E-state index contributed by atoms with van der Waals surface area (Å²) in [6, 6.07) is 6.41. The molecule has 182 valence electrons. The lowest BCUT2D eigenvalue weighted by molar-refractivity contribution is -0.140. The molecule has 2 rings (SSSR count). The van der Waals surface area contributed by atoms with Crippen LogP contribution in [0, 0.1) is 0 Å². The molecule has 8 nitrogen and oxygen atoms in total. The lowest BCUT2D eigenvalue weighted by atomic mass is 10.0. The van der Waals surface area contributed by atoms with Crippen LogP contribution < -0.4 is 10.6 Å². The van der Waals surface area contributed by atoms with Gasteiger partial charge in [0, 0.05) is 0 Å². The predicted octanol–water partition coefficient (Wildman–Crippen LogP) is 4.93. The van der Waals surface area contributed by atoms with Crippen molar-refractivity contribution in [3.63, 3.8) is 0 Å². The van der Waals surface area contributed by atoms with Gasteiger partial charge >= 0.3 is 11.9 Å². The average molecular weight is 550 g/mol. The molecular weight excluding hydrogens is 530 g/mol. The van der Waals surface area contributed by atoms with Crippen LogP contribution in [0.25, 0.3) is 0 Å². The standard InChI is InChI=1S/C22H20Cl4N2O6/c23-11-5-3-6-12(24)17(11)19(29)27-15(21(31)32)9-1-2-10-16(22(33)34)28-20(30)18-13(25)7-4-8-14(18)26/h3-8,15-16H,1-2,9-10H2,(H,27,29)(H,28,30)(H,31,32)(H,33,34). The molecule has 0 saturated carbocycles. The SMILES string of the molecule is O=C(NC(CCCCC(NC(=O)c1c(Cl)cccc1Cl)C(=O)O)C(=O)O)c1c(Cl)cccc1Cl. The van der Waals surface area contributed by atoms with Crippen LogP contribution in [0.3, 0.4) is 0 Å². The van der Waals surface area contributed by atoms with Crippen LogP contribution in [0.15, 0.2) is 36.4 Å². The number of rotatable bonds is 11. The summed E-state index contributed by atoms with van der Waals surface area (Å²) in [6.45, 7) is 0. The minimum atomic E-state index is -1.27. The van der Waals surface area contributed by atoms with Gasteiger partial charge in [-0.1, -0.05) is 71.4 Å². The van der Waals surface area contributed by atoms with Gasteiger partial charge in [-0.3, -0.25) is 9.59 Å². The molecule has 4 N–H and O–H groups in total. The number of aliphatic carboxylic acids is 2. The van der Waals surface area contributed by atoms with Gasteiger partial charge in [-0.2, -0.15) is 0 Å². The molecule has 0 aliphatic carbocycles. The lowest BCUT2D eigenvalue weighted by Crippen LogP contribution is -2.42. The van der Waals surface area contributed by atoms with E-state index in [9.17, 15) is 29.4 Å². The average Bonchev–Trinajstić information content (AvgIpc) is 2.74. The van der Waals surface area contributed by atoms with E-state index < -0.39 is 35.8 Å². The number of nitrogens with one attached hydrogen (secondary N) is 2. The summed E-state index contributed by atoms with van der Waals surface area (Å²) in [5.74, 6) is -4.02. The first kappa shape index (κ1) is 27.7. The maximum atomic E-state index is 12.5. The molecule has 0 aromatic heterocycles. The Labute approximate surface area is 215 Å². The van der Waals surface area contributed by atoms with E-state index in [0.29, 0.717) is 0 Å². The number of carboxylic acids is 2. The summed E-state index contributed by atoms with van der Waals surface area (Å²) in [4.78, 5) is 48.1. The van der Waals surface area contributed by atoms with Gasteiger partial charge in [0.1, 0.15) is 12.1 Å². The van der Waals surface area contributed by atoms with E-state index in [1.807, 2.05) is 0 Å². The fourth-order valence-electron chi connectivity index (χ4n) is 3.10. The molecule has 0 spiro atoms. The molecule has 2 amide bonds. The number of carbonyl (C=O) groups is 4. The Kier molecular flexibility index (Phi) is 10.4. The van der Waals surface area contributed by atoms with Crippen molar-refractivity contribution in [3.05, 3.63) is 67.6 Å². The number of carboxylic acid groups (broad SMARTS) is 2. The van der Waals surface area contributed by atoms with E-state index in [1.165, 1.54) is 24.3 Å². The van der Waals surface area contributed by atoms with Crippen molar-refractivity contribution in [2.45, 2.75) is 37.8 Å². The van der Waals surface area contributed by atoms with Gasteiger partial charge in [0.2, 0.25) is 0 Å². The largest absolute Gasteiger partial charge is 0.480 e. The minimum absolute atomic E-state index is 0.0137. The maximum absolute atomic E-state index is 12.5. The molecule has 2 aromatic carbocycles. The highest BCUT2D eigenvalue weighted by molar-refractivity contribution is 6.40. The molecule has 0 saturated heterocycles. The zero-order valence-corrected chi connectivity index (χ0v) is 20.5. The van der Waals surface area contributed by atoms with Crippen LogP contribution in [0.1, 0.15) is 46.4 Å². The minimum Gasteiger partial charge on any atom is -0.480 e. The second kappa shape index (κ2) is 12.8. The van der Waals surface area contributed by atoms with Crippen molar-refractivity contribution in [3.8, 4) is 0 Å². The first-order valence-electron chi connectivity index (χ1n) is 9.98. The predicted molar refractivity (Wildman–Crippen MR) is 129 cm³/mol. The summed E-state index contributed by atoms with van der Waals surface area (Å²) >= 11 is 23.9. The molecule has 0 radical (unpaired) electrons. The van der Waals surface area contributed by atoms with Gasteiger partial charge in [0.05, 0.1) is 31.2 Å². The number of amides is 2. The first-order valence-corrected chi connectivity index (χ1v) is 11.5. The van der Waals surface area contributed by atoms with Gasteiger partial charge in [-0.05, 0) is 37.1 Å². The van der Waals surface area contributed by atoms with E-state index >= 15 is 0 Å². The van der Waals surface area contributed by atoms with Gasteiger partial charge in [0.25, 0.3) is 11.8 Å². The van der Waals surface area contributed by atoms with Gasteiger partial charge in [-0.15, -0.1) is 0 Å². The molecule has 12 heteroatoms. The van der Waals surface area contributed by atoms with E-state index in [0.717, 1.165) is 0 Å².